The van der Waals surface area contributed by atoms with E-state index in [1.807, 2.05) is 6.07 Å². The Balaban J connectivity index is 1.94. The zero-order chi connectivity index (χ0) is 13.7. The van der Waals surface area contributed by atoms with Gasteiger partial charge >= 0.3 is 0 Å². The van der Waals surface area contributed by atoms with E-state index in [0.717, 1.165) is 5.56 Å². The van der Waals surface area contributed by atoms with Gasteiger partial charge < -0.3 is 0 Å². The van der Waals surface area contributed by atoms with Gasteiger partial charge in [0, 0.05) is 28.5 Å². The van der Waals surface area contributed by atoms with Crippen LogP contribution in [0.5, 0.6) is 0 Å². The molecule has 5 heteroatoms. The lowest BCUT2D eigenvalue weighted by molar-refractivity contribution is 0.0942. The minimum atomic E-state index is -0.262. The average Bonchev–Trinajstić information content (AvgIpc) is 2.46. The Morgan fingerprint density at radius 2 is 1.84 bits per heavy atom. The molecule has 0 atom stereocenters. The molecule has 0 bridgehead atoms. The summed E-state index contributed by atoms with van der Waals surface area (Å²) in [6.07, 6.45) is 3.33. The number of hydrogen-bond acceptors (Lipinski definition) is 3. The van der Waals surface area contributed by atoms with Crippen molar-refractivity contribution in [2.24, 2.45) is 0 Å². The number of amides is 1. The normalized spacial score (nSPS) is 9.74. The third-order valence-corrected chi connectivity index (χ3v) is 2.70. The van der Waals surface area contributed by atoms with Gasteiger partial charge in [0.25, 0.3) is 5.91 Å². The third-order valence-electron chi connectivity index (χ3n) is 2.44. The van der Waals surface area contributed by atoms with E-state index in [1.54, 1.807) is 42.7 Å². The van der Waals surface area contributed by atoms with Gasteiger partial charge in [-0.05, 0) is 36.4 Å². The van der Waals surface area contributed by atoms with Crippen LogP contribution >= 0.6 is 11.6 Å². The molecule has 2 N–H and O–H groups in total. The van der Waals surface area contributed by atoms with Gasteiger partial charge in [-0.3, -0.25) is 20.6 Å². The van der Waals surface area contributed by atoms with E-state index < -0.39 is 0 Å². The van der Waals surface area contributed by atoms with E-state index >= 15 is 0 Å². The zero-order valence-electron chi connectivity index (χ0n) is 10.1. The number of rotatable bonds is 4. The van der Waals surface area contributed by atoms with Gasteiger partial charge in [-0.15, -0.1) is 0 Å². The van der Waals surface area contributed by atoms with Crippen LogP contribution in [0.15, 0.2) is 55.4 Å². The first-order valence-electron chi connectivity index (χ1n) is 5.58. The molecule has 1 aromatic carbocycles. The Kier molecular flexibility index (Phi) is 4.15. The molecule has 1 amide bonds. The minimum absolute atomic E-state index is 0.262. The van der Waals surface area contributed by atoms with Crippen molar-refractivity contribution >= 4 is 23.2 Å². The Morgan fingerprint density at radius 1 is 1.11 bits per heavy atom. The van der Waals surface area contributed by atoms with Gasteiger partial charge in [-0.25, -0.2) is 0 Å². The summed E-state index contributed by atoms with van der Waals surface area (Å²) in [5, 5.41) is 0.587. The SMILES string of the molecule is C=C(NNC(=O)c1ccc(Cl)cc1)c1cccnc1. The number of nitrogens with one attached hydrogen (secondary N) is 2. The molecule has 0 fully saturated rings. The van der Waals surface area contributed by atoms with Crippen molar-refractivity contribution in [3.63, 3.8) is 0 Å². The highest BCUT2D eigenvalue weighted by molar-refractivity contribution is 6.30. The molecule has 19 heavy (non-hydrogen) atoms. The van der Waals surface area contributed by atoms with Crippen LogP contribution < -0.4 is 10.9 Å². The van der Waals surface area contributed by atoms with Crippen molar-refractivity contribution in [2.75, 3.05) is 0 Å². The number of hydrogen-bond donors (Lipinski definition) is 2. The zero-order valence-corrected chi connectivity index (χ0v) is 10.8. The van der Waals surface area contributed by atoms with E-state index in [9.17, 15) is 4.79 Å². The summed E-state index contributed by atoms with van der Waals surface area (Å²) in [5.41, 5.74) is 7.18. The van der Waals surface area contributed by atoms with E-state index in [-0.39, 0.29) is 5.91 Å². The summed E-state index contributed by atoms with van der Waals surface area (Å²) in [7, 11) is 0. The van der Waals surface area contributed by atoms with E-state index in [2.05, 4.69) is 22.4 Å². The van der Waals surface area contributed by atoms with Crippen LogP contribution in [0.1, 0.15) is 15.9 Å². The van der Waals surface area contributed by atoms with Gasteiger partial charge in [0.1, 0.15) is 0 Å². The maximum atomic E-state index is 11.8. The topological polar surface area (TPSA) is 54.0 Å². The maximum Gasteiger partial charge on any atom is 0.269 e. The second-order valence-electron chi connectivity index (χ2n) is 3.81. The standard InChI is InChI=1S/C14H12ClN3O/c1-10(12-3-2-8-16-9-12)17-18-14(19)11-4-6-13(15)7-5-11/h2-9,17H,1H2,(H,18,19). The minimum Gasteiger partial charge on any atom is -0.298 e. The lowest BCUT2D eigenvalue weighted by Crippen LogP contribution is -2.35. The van der Waals surface area contributed by atoms with E-state index in [4.69, 9.17) is 11.6 Å². The number of carbonyl (C=O) groups excluding carboxylic acids is 1. The van der Waals surface area contributed by atoms with E-state index in [0.29, 0.717) is 16.3 Å². The molecular weight excluding hydrogens is 262 g/mol. The highest BCUT2D eigenvalue weighted by Gasteiger charge is 2.05. The lowest BCUT2D eigenvalue weighted by Gasteiger charge is -2.10. The smallest absolute Gasteiger partial charge is 0.269 e. The van der Waals surface area contributed by atoms with Gasteiger partial charge in [0.15, 0.2) is 0 Å². The molecule has 1 aromatic heterocycles. The largest absolute Gasteiger partial charge is 0.298 e. The molecule has 2 aromatic rings. The fraction of sp³-hybridized carbons (Fsp3) is 0. The molecule has 0 radical (unpaired) electrons. The maximum absolute atomic E-state index is 11.8. The number of nitrogens with zero attached hydrogens (tertiary/aromatic N) is 1. The van der Waals surface area contributed by atoms with Crippen molar-refractivity contribution in [3.8, 4) is 0 Å². The van der Waals surface area contributed by atoms with Gasteiger partial charge in [0.2, 0.25) is 0 Å². The first-order chi connectivity index (χ1) is 9.16. The molecule has 1 heterocycles. The molecule has 0 aliphatic carbocycles. The molecule has 0 aliphatic rings. The molecule has 0 spiro atoms. The predicted octanol–water partition coefficient (Wildman–Crippen LogP) is 2.64. The highest BCUT2D eigenvalue weighted by Crippen LogP contribution is 2.09. The second kappa shape index (κ2) is 6.02. The summed E-state index contributed by atoms with van der Waals surface area (Å²) in [6.45, 7) is 3.82. The van der Waals surface area contributed by atoms with Crippen molar-refractivity contribution in [1.29, 1.82) is 0 Å². The van der Waals surface area contributed by atoms with Crippen LogP contribution in [-0.4, -0.2) is 10.9 Å². The number of hydrazine groups is 1. The lowest BCUT2D eigenvalue weighted by atomic mass is 10.2. The van der Waals surface area contributed by atoms with Gasteiger partial charge in [-0.2, -0.15) is 0 Å². The third kappa shape index (κ3) is 3.56. The molecular formula is C14H12ClN3O. The van der Waals surface area contributed by atoms with Crippen molar-refractivity contribution in [3.05, 3.63) is 71.5 Å². The van der Waals surface area contributed by atoms with Crippen LogP contribution in [0.2, 0.25) is 5.02 Å². The second-order valence-corrected chi connectivity index (χ2v) is 4.24. The van der Waals surface area contributed by atoms with Crippen LogP contribution in [0.3, 0.4) is 0 Å². The summed E-state index contributed by atoms with van der Waals surface area (Å²) >= 11 is 5.76. The quantitative estimate of drug-likeness (QED) is 0.842. The molecule has 0 saturated carbocycles. The van der Waals surface area contributed by atoms with Crippen molar-refractivity contribution in [2.45, 2.75) is 0 Å². The fourth-order valence-corrected chi connectivity index (χ4v) is 1.55. The summed E-state index contributed by atoms with van der Waals surface area (Å²) in [4.78, 5) is 15.8. The summed E-state index contributed by atoms with van der Waals surface area (Å²) in [5.74, 6) is -0.262. The summed E-state index contributed by atoms with van der Waals surface area (Å²) < 4.78 is 0. The first-order valence-corrected chi connectivity index (χ1v) is 5.96. The molecule has 0 unspecified atom stereocenters. The number of carbonyl (C=O) groups is 1. The average molecular weight is 274 g/mol. The van der Waals surface area contributed by atoms with Crippen LogP contribution in [0.4, 0.5) is 0 Å². The summed E-state index contributed by atoms with van der Waals surface area (Å²) in [6, 6.07) is 10.2. The van der Waals surface area contributed by atoms with Crippen molar-refractivity contribution < 1.29 is 4.79 Å². The number of pyridine rings is 1. The first kappa shape index (κ1) is 13.1. The monoisotopic (exact) mass is 273 g/mol. The van der Waals surface area contributed by atoms with Crippen LogP contribution in [0, 0.1) is 0 Å². The number of benzene rings is 1. The molecule has 0 saturated heterocycles. The Bertz CT molecular complexity index is 581. The fourth-order valence-electron chi connectivity index (χ4n) is 1.42. The van der Waals surface area contributed by atoms with Crippen LogP contribution in [0.25, 0.3) is 5.70 Å². The Morgan fingerprint density at radius 3 is 2.47 bits per heavy atom. The Labute approximate surface area is 116 Å². The molecule has 2 rings (SSSR count). The number of halogens is 1. The van der Waals surface area contributed by atoms with Gasteiger partial charge in [0.05, 0.1) is 5.70 Å². The molecule has 96 valence electrons. The highest BCUT2D eigenvalue weighted by atomic mass is 35.5. The van der Waals surface area contributed by atoms with Gasteiger partial charge in [-0.1, -0.05) is 18.2 Å². The number of aromatic nitrogens is 1. The van der Waals surface area contributed by atoms with Crippen LogP contribution in [-0.2, 0) is 0 Å². The van der Waals surface area contributed by atoms with Crippen molar-refractivity contribution in [1.82, 2.24) is 15.8 Å². The molecule has 4 nitrogen and oxygen atoms in total. The van der Waals surface area contributed by atoms with E-state index in [1.165, 1.54) is 0 Å². The Hall–Kier alpha value is -2.33. The molecule has 0 aliphatic heterocycles. The predicted molar refractivity (Wildman–Crippen MR) is 75.3 cm³/mol.